The maximum Gasteiger partial charge on any atom is 0.256 e. The molecule has 9 heteroatoms. The minimum absolute atomic E-state index is 0.0344. The summed E-state index contributed by atoms with van der Waals surface area (Å²) < 4.78 is 25.7. The second kappa shape index (κ2) is 11.8. The summed E-state index contributed by atoms with van der Waals surface area (Å²) in [7, 11) is 0. The zero-order valence-corrected chi connectivity index (χ0v) is 19.8. The predicted octanol–water partition coefficient (Wildman–Crippen LogP) is 2.79. The summed E-state index contributed by atoms with van der Waals surface area (Å²) in [4.78, 5) is 31.8. The molecule has 1 unspecified atom stereocenters. The molecule has 34 heavy (non-hydrogen) atoms. The SMILES string of the molecule is O=C(c1cccc(Cl)c1)N1CCOC(CN(CCN2CCOCC2)C(=O)c2ccccc2F)C1. The van der Waals surface area contributed by atoms with Crippen LogP contribution in [-0.2, 0) is 9.47 Å². The van der Waals surface area contributed by atoms with Crippen LogP contribution in [0.1, 0.15) is 20.7 Å². The molecule has 0 spiro atoms. The number of morpholine rings is 2. The summed E-state index contributed by atoms with van der Waals surface area (Å²) in [6, 6.07) is 12.8. The van der Waals surface area contributed by atoms with Crippen LogP contribution in [0.4, 0.5) is 4.39 Å². The van der Waals surface area contributed by atoms with Crippen molar-refractivity contribution >= 4 is 23.4 Å². The predicted molar refractivity (Wildman–Crippen MR) is 127 cm³/mol. The molecule has 2 amide bonds. The van der Waals surface area contributed by atoms with Gasteiger partial charge in [-0.15, -0.1) is 0 Å². The average Bonchev–Trinajstić information content (AvgIpc) is 2.87. The molecule has 2 heterocycles. The molecule has 7 nitrogen and oxygen atoms in total. The van der Waals surface area contributed by atoms with E-state index >= 15 is 0 Å². The number of ether oxygens (including phenoxy) is 2. The van der Waals surface area contributed by atoms with Gasteiger partial charge in [0.1, 0.15) is 5.82 Å². The number of halogens is 2. The molecule has 2 aliphatic heterocycles. The highest BCUT2D eigenvalue weighted by atomic mass is 35.5. The first-order chi connectivity index (χ1) is 16.5. The van der Waals surface area contributed by atoms with Gasteiger partial charge in [0, 0.05) is 56.4 Å². The van der Waals surface area contributed by atoms with Crippen molar-refractivity contribution in [2.24, 2.45) is 0 Å². The summed E-state index contributed by atoms with van der Waals surface area (Å²) in [5.41, 5.74) is 0.548. The molecule has 2 aromatic rings. The first-order valence-electron chi connectivity index (χ1n) is 11.5. The van der Waals surface area contributed by atoms with Gasteiger partial charge in [-0.1, -0.05) is 29.8 Å². The Bertz CT molecular complexity index is 1000. The summed E-state index contributed by atoms with van der Waals surface area (Å²) in [6.45, 7) is 5.41. The van der Waals surface area contributed by atoms with Crippen molar-refractivity contribution in [2.75, 3.05) is 65.6 Å². The molecule has 0 aromatic heterocycles. The molecule has 4 rings (SSSR count). The zero-order chi connectivity index (χ0) is 23.9. The summed E-state index contributed by atoms with van der Waals surface area (Å²) in [5.74, 6) is -1.06. The Balaban J connectivity index is 1.45. The molecule has 0 saturated carbocycles. The molecule has 2 aromatic carbocycles. The van der Waals surface area contributed by atoms with Gasteiger partial charge >= 0.3 is 0 Å². The topological polar surface area (TPSA) is 62.3 Å². The highest BCUT2D eigenvalue weighted by Crippen LogP contribution is 2.17. The number of hydrogen-bond acceptors (Lipinski definition) is 5. The van der Waals surface area contributed by atoms with Crippen LogP contribution in [0.5, 0.6) is 0 Å². The number of benzene rings is 2. The molecule has 0 aliphatic carbocycles. The quantitative estimate of drug-likeness (QED) is 0.598. The summed E-state index contributed by atoms with van der Waals surface area (Å²) in [5, 5.41) is 0.500. The Hall–Kier alpha value is -2.52. The fourth-order valence-corrected chi connectivity index (χ4v) is 4.42. The van der Waals surface area contributed by atoms with Gasteiger partial charge in [0.2, 0.25) is 0 Å². The number of hydrogen-bond donors (Lipinski definition) is 0. The highest BCUT2D eigenvalue weighted by molar-refractivity contribution is 6.30. The minimum Gasteiger partial charge on any atom is -0.379 e. The first kappa shape index (κ1) is 24.6. The molecule has 0 N–H and O–H groups in total. The van der Waals surface area contributed by atoms with Crippen molar-refractivity contribution in [3.8, 4) is 0 Å². The Morgan fingerprint density at radius 3 is 2.62 bits per heavy atom. The fraction of sp³-hybridized carbons (Fsp3) is 0.440. The molecule has 0 bridgehead atoms. The lowest BCUT2D eigenvalue weighted by atomic mass is 10.1. The summed E-state index contributed by atoms with van der Waals surface area (Å²) in [6.07, 6.45) is -0.378. The Labute approximate surface area is 204 Å². The third kappa shape index (κ3) is 6.33. The molecule has 2 fully saturated rings. The number of nitrogens with zero attached hydrogens (tertiary/aromatic N) is 3. The van der Waals surface area contributed by atoms with Gasteiger partial charge in [-0.05, 0) is 30.3 Å². The summed E-state index contributed by atoms with van der Waals surface area (Å²) >= 11 is 6.05. The molecule has 0 radical (unpaired) electrons. The van der Waals surface area contributed by atoms with Gasteiger partial charge in [-0.2, -0.15) is 0 Å². The van der Waals surface area contributed by atoms with Crippen LogP contribution in [0.25, 0.3) is 0 Å². The monoisotopic (exact) mass is 489 g/mol. The van der Waals surface area contributed by atoms with Crippen molar-refractivity contribution in [2.45, 2.75) is 6.10 Å². The second-order valence-corrected chi connectivity index (χ2v) is 8.88. The number of carbonyl (C=O) groups is 2. The van der Waals surface area contributed by atoms with Gasteiger partial charge in [-0.25, -0.2) is 4.39 Å². The third-order valence-corrected chi connectivity index (χ3v) is 6.34. The van der Waals surface area contributed by atoms with Crippen LogP contribution in [0.3, 0.4) is 0 Å². The Morgan fingerprint density at radius 1 is 1.06 bits per heavy atom. The standard InChI is InChI=1S/C25H29ClFN3O4/c26-20-5-3-4-19(16-20)24(31)30-12-15-34-21(18-30)17-29(9-8-28-10-13-33-14-11-28)25(32)22-6-1-2-7-23(22)27/h1-7,16,21H,8-15,17-18H2. The van der Waals surface area contributed by atoms with Crippen LogP contribution in [-0.4, -0.2) is 98.3 Å². The van der Waals surface area contributed by atoms with Crippen LogP contribution < -0.4 is 0 Å². The van der Waals surface area contributed by atoms with Gasteiger partial charge in [0.05, 0.1) is 31.5 Å². The van der Waals surface area contributed by atoms with Gasteiger partial charge in [0.25, 0.3) is 11.8 Å². The van der Waals surface area contributed by atoms with Crippen molar-refractivity contribution in [3.63, 3.8) is 0 Å². The largest absolute Gasteiger partial charge is 0.379 e. The smallest absolute Gasteiger partial charge is 0.256 e. The van der Waals surface area contributed by atoms with Crippen LogP contribution in [0, 0.1) is 5.82 Å². The van der Waals surface area contributed by atoms with Crippen LogP contribution >= 0.6 is 11.6 Å². The molecule has 2 saturated heterocycles. The third-order valence-electron chi connectivity index (χ3n) is 6.10. The lowest BCUT2D eigenvalue weighted by molar-refractivity contribution is -0.0347. The van der Waals surface area contributed by atoms with Crippen molar-refractivity contribution in [1.82, 2.24) is 14.7 Å². The normalized spacial score (nSPS) is 19.1. The minimum atomic E-state index is -0.550. The number of rotatable bonds is 7. The fourth-order valence-electron chi connectivity index (χ4n) is 4.23. The average molecular weight is 490 g/mol. The van der Waals surface area contributed by atoms with Gasteiger partial charge in [0.15, 0.2) is 0 Å². The van der Waals surface area contributed by atoms with E-state index in [1.54, 1.807) is 46.2 Å². The van der Waals surface area contributed by atoms with E-state index in [1.165, 1.54) is 12.1 Å². The van der Waals surface area contributed by atoms with E-state index in [1.807, 2.05) is 0 Å². The lowest BCUT2D eigenvalue weighted by Crippen LogP contribution is -2.52. The Morgan fingerprint density at radius 2 is 1.85 bits per heavy atom. The van der Waals surface area contributed by atoms with Crippen molar-refractivity contribution < 1.29 is 23.5 Å². The van der Waals surface area contributed by atoms with E-state index in [0.717, 1.165) is 13.1 Å². The molecular weight excluding hydrogens is 461 g/mol. The van der Waals surface area contributed by atoms with Gasteiger partial charge in [-0.3, -0.25) is 14.5 Å². The zero-order valence-electron chi connectivity index (χ0n) is 19.0. The van der Waals surface area contributed by atoms with Gasteiger partial charge < -0.3 is 19.3 Å². The van der Waals surface area contributed by atoms with Crippen molar-refractivity contribution in [3.05, 3.63) is 70.5 Å². The van der Waals surface area contributed by atoms with Crippen LogP contribution in [0.2, 0.25) is 5.02 Å². The maximum absolute atomic E-state index is 14.4. The maximum atomic E-state index is 14.4. The molecular formula is C25H29ClFN3O4. The van der Waals surface area contributed by atoms with E-state index in [4.69, 9.17) is 21.1 Å². The number of carbonyl (C=O) groups excluding carboxylic acids is 2. The lowest BCUT2D eigenvalue weighted by Gasteiger charge is -2.37. The first-order valence-corrected chi connectivity index (χ1v) is 11.9. The second-order valence-electron chi connectivity index (χ2n) is 8.44. The molecule has 1 atom stereocenters. The van der Waals surface area contributed by atoms with E-state index < -0.39 is 5.82 Å². The van der Waals surface area contributed by atoms with Crippen LogP contribution in [0.15, 0.2) is 48.5 Å². The number of amides is 2. The Kier molecular flexibility index (Phi) is 8.50. The van der Waals surface area contributed by atoms with Crippen molar-refractivity contribution in [1.29, 1.82) is 0 Å². The highest BCUT2D eigenvalue weighted by Gasteiger charge is 2.29. The molecule has 2 aliphatic rings. The van der Waals surface area contributed by atoms with E-state index in [9.17, 15) is 14.0 Å². The van der Waals surface area contributed by atoms with E-state index in [0.29, 0.717) is 56.6 Å². The van der Waals surface area contributed by atoms with E-state index in [-0.39, 0.29) is 30.0 Å². The van der Waals surface area contributed by atoms with E-state index in [2.05, 4.69) is 4.90 Å². The molecule has 182 valence electrons.